The van der Waals surface area contributed by atoms with Crippen molar-refractivity contribution in [3.63, 3.8) is 0 Å². The third-order valence-corrected chi connectivity index (χ3v) is 1.19. The molecule has 0 saturated carbocycles. The molecule has 4 nitrogen and oxygen atoms in total. The fraction of sp³-hybridized carbons (Fsp3) is 0.750. The van der Waals surface area contributed by atoms with Gasteiger partial charge in [-0.1, -0.05) is 13.3 Å². The zero-order valence-corrected chi connectivity index (χ0v) is 7.46. The number of carbonyl (C=O) groups excluding carboxylic acids is 2. The number of hydrogen-bond acceptors (Lipinski definition) is 4. The zero-order chi connectivity index (χ0) is 9.40. The molecule has 0 aromatic rings. The van der Waals surface area contributed by atoms with E-state index in [1.165, 1.54) is 0 Å². The van der Waals surface area contributed by atoms with E-state index in [1.54, 1.807) is 6.92 Å². The van der Waals surface area contributed by atoms with Gasteiger partial charge in [-0.2, -0.15) is 0 Å². The minimum absolute atomic E-state index is 0.222. The Labute approximate surface area is 71.8 Å². The first kappa shape index (κ1) is 10.9. The number of hydrogen-bond donors (Lipinski definition) is 0. The van der Waals surface area contributed by atoms with Gasteiger partial charge in [0, 0.05) is 6.42 Å². The molecule has 0 heterocycles. The summed E-state index contributed by atoms with van der Waals surface area (Å²) in [7, 11) is 0. The molecule has 12 heavy (non-hydrogen) atoms. The van der Waals surface area contributed by atoms with Crippen molar-refractivity contribution in [3.05, 3.63) is 0 Å². The van der Waals surface area contributed by atoms with Gasteiger partial charge in [-0.25, -0.2) is 4.79 Å². The summed E-state index contributed by atoms with van der Waals surface area (Å²) < 4.78 is 8.70. The zero-order valence-electron chi connectivity index (χ0n) is 7.46. The summed E-state index contributed by atoms with van der Waals surface area (Å²) in [6.07, 6.45) is 1.00. The molecule has 0 atom stereocenters. The quantitative estimate of drug-likeness (QED) is 0.482. The molecule has 0 aromatic heterocycles. The summed E-state index contributed by atoms with van der Waals surface area (Å²) >= 11 is 0. The molecule has 0 aromatic carbocycles. The van der Waals surface area contributed by atoms with E-state index >= 15 is 0 Å². The minimum atomic E-state index is -0.904. The summed E-state index contributed by atoms with van der Waals surface area (Å²) in [5, 5.41) is 0. The Kier molecular flexibility index (Phi) is 6.05. The van der Waals surface area contributed by atoms with Crippen LogP contribution in [0, 0.1) is 0 Å². The van der Waals surface area contributed by atoms with Crippen LogP contribution >= 0.6 is 0 Å². The molecule has 0 N–H and O–H groups in total. The van der Waals surface area contributed by atoms with Crippen molar-refractivity contribution < 1.29 is 19.1 Å². The first-order chi connectivity index (χ1) is 5.70. The lowest BCUT2D eigenvalue weighted by Gasteiger charge is -2.01. The second kappa shape index (κ2) is 6.64. The van der Waals surface area contributed by atoms with E-state index in [4.69, 9.17) is 0 Å². The molecule has 0 aliphatic rings. The molecule has 0 bridgehead atoms. The molecule has 4 heteroatoms. The van der Waals surface area contributed by atoms with Crippen molar-refractivity contribution in [2.45, 2.75) is 33.1 Å². The van der Waals surface area contributed by atoms with Crippen molar-refractivity contribution >= 4 is 12.1 Å². The molecular formula is C8H14O4. The van der Waals surface area contributed by atoms with Gasteiger partial charge in [-0.15, -0.1) is 0 Å². The molecule has 0 fully saturated rings. The Morgan fingerprint density at radius 2 is 1.92 bits per heavy atom. The Balaban J connectivity index is 3.47. The predicted molar refractivity (Wildman–Crippen MR) is 42.6 cm³/mol. The summed E-state index contributed by atoms with van der Waals surface area (Å²) in [5.74, 6) is -0.518. The lowest BCUT2D eigenvalue weighted by Crippen LogP contribution is -2.13. The Bertz CT molecular complexity index is 153. The van der Waals surface area contributed by atoms with Crippen LogP contribution in [0.3, 0.4) is 0 Å². The van der Waals surface area contributed by atoms with E-state index in [9.17, 15) is 9.59 Å². The fourth-order valence-electron chi connectivity index (χ4n) is 0.612. The highest BCUT2D eigenvalue weighted by Gasteiger charge is 2.09. The van der Waals surface area contributed by atoms with E-state index in [0.717, 1.165) is 12.8 Å². The van der Waals surface area contributed by atoms with Gasteiger partial charge in [0.1, 0.15) is 0 Å². The Hall–Kier alpha value is -1.06. The highest BCUT2D eigenvalue weighted by atomic mass is 16.7. The van der Waals surface area contributed by atoms with Crippen molar-refractivity contribution in [1.82, 2.24) is 0 Å². The molecule has 0 saturated heterocycles. The largest absolute Gasteiger partial charge is 0.516 e. The number of esters is 1. The van der Waals surface area contributed by atoms with Gasteiger partial charge < -0.3 is 9.47 Å². The van der Waals surface area contributed by atoms with E-state index in [1.807, 2.05) is 6.92 Å². The average Bonchev–Trinajstić information content (AvgIpc) is 2.01. The third-order valence-electron chi connectivity index (χ3n) is 1.19. The van der Waals surface area contributed by atoms with Crippen LogP contribution in [0.1, 0.15) is 33.1 Å². The number of unbranched alkanes of at least 4 members (excludes halogenated alkanes) is 1. The molecule has 0 aliphatic carbocycles. The maximum absolute atomic E-state index is 10.8. The maximum atomic E-state index is 10.8. The van der Waals surface area contributed by atoms with E-state index in [0.29, 0.717) is 0 Å². The summed E-state index contributed by atoms with van der Waals surface area (Å²) in [4.78, 5) is 21.3. The number of carbonyl (C=O) groups is 2. The van der Waals surface area contributed by atoms with Crippen LogP contribution < -0.4 is 0 Å². The maximum Gasteiger partial charge on any atom is 0.516 e. The Morgan fingerprint density at radius 1 is 1.25 bits per heavy atom. The van der Waals surface area contributed by atoms with Crippen LogP contribution in [0.5, 0.6) is 0 Å². The van der Waals surface area contributed by atoms with Crippen molar-refractivity contribution in [1.29, 1.82) is 0 Å². The van der Waals surface area contributed by atoms with E-state index < -0.39 is 12.1 Å². The molecule has 0 spiro atoms. The predicted octanol–water partition coefficient (Wildman–Crippen LogP) is 1.88. The highest BCUT2D eigenvalue weighted by molar-refractivity contribution is 5.81. The first-order valence-electron chi connectivity index (χ1n) is 4.08. The standard InChI is InChI=1S/C8H14O4/c1-3-5-6-7(9)12-8(10)11-4-2/h3-6H2,1-2H3. The van der Waals surface area contributed by atoms with Crippen molar-refractivity contribution in [2.75, 3.05) is 6.61 Å². The third kappa shape index (κ3) is 5.70. The normalized spacial score (nSPS) is 9.17. The molecule has 0 amide bonds. The first-order valence-corrected chi connectivity index (χ1v) is 4.08. The van der Waals surface area contributed by atoms with Crippen LogP contribution in [0.2, 0.25) is 0 Å². The summed E-state index contributed by atoms with van der Waals surface area (Å²) in [6.45, 7) is 3.83. The van der Waals surface area contributed by atoms with E-state index in [2.05, 4.69) is 9.47 Å². The number of ether oxygens (including phenoxy) is 2. The monoisotopic (exact) mass is 174 g/mol. The van der Waals surface area contributed by atoms with Crippen LogP contribution in [0.25, 0.3) is 0 Å². The van der Waals surface area contributed by atoms with Gasteiger partial charge in [0.15, 0.2) is 0 Å². The molecule has 0 aliphatic heterocycles. The van der Waals surface area contributed by atoms with Gasteiger partial charge in [0.2, 0.25) is 0 Å². The van der Waals surface area contributed by atoms with Crippen molar-refractivity contribution in [3.8, 4) is 0 Å². The topological polar surface area (TPSA) is 52.6 Å². The van der Waals surface area contributed by atoms with Crippen LogP contribution in [0.4, 0.5) is 4.79 Å². The van der Waals surface area contributed by atoms with E-state index in [-0.39, 0.29) is 13.0 Å². The van der Waals surface area contributed by atoms with Crippen LogP contribution in [0.15, 0.2) is 0 Å². The molecule has 0 rings (SSSR count). The SMILES string of the molecule is CCCCC(=O)OC(=O)OCC. The fourth-order valence-corrected chi connectivity index (χ4v) is 0.612. The Morgan fingerprint density at radius 3 is 2.42 bits per heavy atom. The highest BCUT2D eigenvalue weighted by Crippen LogP contribution is 1.97. The van der Waals surface area contributed by atoms with Gasteiger partial charge in [0.25, 0.3) is 0 Å². The van der Waals surface area contributed by atoms with Crippen LogP contribution in [-0.2, 0) is 14.3 Å². The van der Waals surface area contributed by atoms with Crippen LogP contribution in [-0.4, -0.2) is 18.7 Å². The molecule has 70 valence electrons. The minimum Gasteiger partial charge on any atom is -0.434 e. The number of rotatable bonds is 4. The molecule has 0 radical (unpaired) electrons. The lowest BCUT2D eigenvalue weighted by atomic mass is 10.3. The van der Waals surface area contributed by atoms with Crippen molar-refractivity contribution in [2.24, 2.45) is 0 Å². The molecule has 0 unspecified atom stereocenters. The molecular weight excluding hydrogens is 160 g/mol. The second-order valence-electron chi connectivity index (χ2n) is 2.26. The van der Waals surface area contributed by atoms with Gasteiger partial charge in [0.05, 0.1) is 6.61 Å². The average molecular weight is 174 g/mol. The van der Waals surface area contributed by atoms with Gasteiger partial charge in [-0.3, -0.25) is 4.79 Å². The van der Waals surface area contributed by atoms with Gasteiger partial charge >= 0.3 is 12.1 Å². The summed E-state index contributed by atoms with van der Waals surface area (Å²) in [6, 6.07) is 0. The van der Waals surface area contributed by atoms with Gasteiger partial charge in [-0.05, 0) is 13.3 Å². The second-order valence-corrected chi connectivity index (χ2v) is 2.26. The lowest BCUT2D eigenvalue weighted by molar-refractivity contribution is -0.139. The summed E-state index contributed by atoms with van der Waals surface area (Å²) in [5.41, 5.74) is 0. The smallest absolute Gasteiger partial charge is 0.434 e.